The summed E-state index contributed by atoms with van der Waals surface area (Å²) in [6.45, 7) is 5.22. The Morgan fingerprint density at radius 3 is 3.14 bits per heavy atom. The van der Waals surface area contributed by atoms with Crippen molar-refractivity contribution in [3.63, 3.8) is 0 Å². The molecule has 0 unspecified atom stereocenters. The molecule has 1 rings (SSSR count). The monoisotopic (exact) mass is 197 g/mol. The molecule has 0 radical (unpaired) electrons. The maximum absolute atomic E-state index is 5.46. The van der Waals surface area contributed by atoms with Crippen molar-refractivity contribution in [1.29, 1.82) is 0 Å². The molecule has 1 heterocycles. The highest BCUT2D eigenvalue weighted by Crippen LogP contribution is 2.02. The Bertz CT molecular complexity index is 247. The fourth-order valence-electron chi connectivity index (χ4n) is 1.27. The number of rotatable bonds is 7. The number of imidazole rings is 1. The zero-order valence-electron chi connectivity index (χ0n) is 8.78. The van der Waals surface area contributed by atoms with Crippen molar-refractivity contribution >= 4 is 0 Å². The van der Waals surface area contributed by atoms with Crippen molar-refractivity contribution in [3.8, 4) is 0 Å². The highest BCUT2D eigenvalue weighted by atomic mass is 16.5. The van der Waals surface area contributed by atoms with Crippen LogP contribution in [-0.2, 0) is 17.9 Å². The molecule has 0 fully saturated rings. The Morgan fingerprint density at radius 1 is 1.57 bits per heavy atom. The van der Waals surface area contributed by atoms with Gasteiger partial charge in [0.1, 0.15) is 0 Å². The minimum atomic E-state index is 0.639. The summed E-state index contributed by atoms with van der Waals surface area (Å²) < 4.78 is 7.59. The van der Waals surface area contributed by atoms with E-state index in [1.165, 1.54) is 0 Å². The van der Waals surface area contributed by atoms with Gasteiger partial charge in [0.05, 0.1) is 24.8 Å². The topological polar surface area (TPSA) is 53.1 Å². The van der Waals surface area contributed by atoms with E-state index in [1.807, 2.05) is 12.5 Å². The summed E-state index contributed by atoms with van der Waals surface area (Å²) in [7, 11) is 0. The number of nitrogens with zero attached hydrogens (tertiary/aromatic N) is 2. The molecule has 80 valence electrons. The molecule has 0 spiro atoms. The lowest BCUT2D eigenvalue weighted by Gasteiger charge is -2.06. The van der Waals surface area contributed by atoms with Crippen LogP contribution in [-0.4, -0.2) is 22.7 Å². The Kier molecular flexibility index (Phi) is 5.25. The van der Waals surface area contributed by atoms with Crippen LogP contribution in [0.2, 0.25) is 0 Å². The first-order valence-electron chi connectivity index (χ1n) is 5.15. The lowest BCUT2D eigenvalue weighted by atomic mass is 10.4. The van der Waals surface area contributed by atoms with E-state index in [-0.39, 0.29) is 0 Å². The van der Waals surface area contributed by atoms with E-state index in [0.717, 1.165) is 31.7 Å². The number of aryl methyl sites for hydroxylation is 1. The second kappa shape index (κ2) is 6.56. The molecule has 1 aromatic heterocycles. The van der Waals surface area contributed by atoms with Crippen LogP contribution in [0.25, 0.3) is 0 Å². The molecule has 14 heavy (non-hydrogen) atoms. The Balaban J connectivity index is 2.30. The van der Waals surface area contributed by atoms with E-state index >= 15 is 0 Å². The van der Waals surface area contributed by atoms with Gasteiger partial charge in [-0.25, -0.2) is 4.98 Å². The summed E-state index contributed by atoms with van der Waals surface area (Å²) >= 11 is 0. The van der Waals surface area contributed by atoms with Gasteiger partial charge in [-0.05, 0) is 19.4 Å². The van der Waals surface area contributed by atoms with Gasteiger partial charge >= 0.3 is 0 Å². The van der Waals surface area contributed by atoms with Gasteiger partial charge < -0.3 is 15.0 Å². The first-order valence-corrected chi connectivity index (χ1v) is 5.15. The zero-order chi connectivity index (χ0) is 10.2. The summed E-state index contributed by atoms with van der Waals surface area (Å²) in [6.07, 6.45) is 5.75. The molecule has 2 N–H and O–H groups in total. The number of hydrogen-bond acceptors (Lipinski definition) is 3. The lowest BCUT2D eigenvalue weighted by molar-refractivity contribution is 0.115. The summed E-state index contributed by atoms with van der Waals surface area (Å²) in [6, 6.07) is 0. The Labute approximate surface area is 85.1 Å². The van der Waals surface area contributed by atoms with Gasteiger partial charge in [0.2, 0.25) is 0 Å². The quantitative estimate of drug-likeness (QED) is 0.667. The smallest absolute Gasteiger partial charge is 0.0948 e. The second-order valence-corrected chi connectivity index (χ2v) is 3.27. The standard InChI is InChI=1S/C10H19N3O/c1-2-5-13-9-12-7-10(13)8-14-6-3-4-11/h7,9H,2-6,8,11H2,1H3. The summed E-state index contributed by atoms with van der Waals surface area (Å²) in [4.78, 5) is 4.10. The molecule has 0 aliphatic rings. The lowest BCUT2D eigenvalue weighted by Crippen LogP contribution is -2.07. The van der Waals surface area contributed by atoms with E-state index in [0.29, 0.717) is 13.2 Å². The van der Waals surface area contributed by atoms with Crippen LogP contribution in [0, 0.1) is 0 Å². The molecule has 4 nitrogen and oxygen atoms in total. The third-order valence-corrected chi connectivity index (χ3v) is 2.01. The number of hydrogen-bond donors (Lipinski definition) is 1. The summed E-state index contributed by atoms with van der Waals surface area (Å²) in [5, 5.41) is 0. The third kappa shape index (κ3) is 3.47. The molecule has 0 saturated heterocycles. The highest BCUT2D eigenvalue weighted by Gasteiger charge is 2.00. The van der Waals surface area contributed by atoms with E-state index in [9.17, 15) is 0 Å². The molecule has 0 bridgehead atoms. The predicted octanol–water partition coefficient (Wildman–Crippen LogP) is 1.16. The third-order valence-electron chi connectivity index (χ3n) is 2.01. The largest absolute Gasteiger partial charge is 0.375 e. The van der Waals surface area contributed by atoms with Gasteiger partial charge in [-0.15, -0.1) is 0 Å². The molecule has 0 saturated carbocycles. The first-order chi connectivity index (χ1) is 6.88. The van der Waals surface area contributed by atoms with Gasteiger partial charge in [-0.2, -0.15) is 0 Å². The van der Waals surface area contributed by atoms with Crippen LogP contribution >= 0.6 is 0 Å². The normalized spacial score (nSPS) is 10.7. The maximum Gasteiger partial charge on any atom is 0.0948 e. The average molecular weight is 197 g/mol. The van der Waals surface area contributed by atoms with Crippen LogP contribution < -0.4 is 5.73 Å². The summed E-state index contributed by atoms with van der Waals surface area (Å²) in [5.41, 5.74) is 6.51. The van der Waals surface area contributed by atoms with E-state index in [4.69, 9.17) is 10.5 Å². The number of ether oxygens (including phenoxy) is 1. The molecule has 0 aromatic carbocycles. The maximum atomic E-state index is 5.46. The second-order valence-electron chi connectivity index (χ2n) is 3.27. The molecule has 1 aromatic rings. The molecule has 0 amide bonds. The molecule has 0 aliphatic carbocycles. The molecular formula is C10H19N3O. The van der Waals surface area contributed by atoms with Crippen LogP contribution in [0.15, 0.2) is 12.5 Å². The fraction of sp³-hybridized carbons (Fsp3) is 0.700. The molecule has 0 atom stereocenters. The van der Waals surface area contributed by atoms with Gasteiger partial charge in [-0.3, -0.25) is 0 Å². The van der Waals surface area contributed by atoms with Crippen molar-refractivity contribution in [2.24, 2.45) is 5.73 Å². The minimum Gasteiger partial charge on any atom is -0.375 e. The summed E-state index contributed by atoms with van der Waals surface area (Å²) in [5.74, 6) is 0. The van der Waals surface area contributed by atoms with Crippen molar-refractivity contribution in [3.05, 3.63) is 18.2 Å². The number of nitrogens with two attached hydrogens (primary N) is 1. The van der Waals surface area contributed by atoms with E-state index in [1.54, 1.807) is 0 Å². The van der Waals surface area contributed by atoms with Gasteiger partial charge in [0.25, 0.3) is 0 Å². The van der Waals surface area contributed by atoms with Crippen LogP contribution in [0.1, 0.15) is 25.5 Å². The predicted molar refractivity (Wildman–Crippen MR) is 55.8 cm³/mol. The van der Waals surface area contributed by atoms with Crippen molar-refractivity contribution in [1.82, 2.24) is 9.55 Å². The molecular weight excluding hydrogens is 178 g/mol. The first kappa shape index (κ1) is 11.2. The van der Waals surface area contributed by atoms with Crippen LogP contribution in [0.5, 0.6) is 0 Å². The van der Waals surface area contributed by atoms with E-state index < -0.39 is 0 Å². The average Bonchev–Trinajstić information content (AvgIpc) is 2.61. The highest BCUT2D eigenvalue weighted by molar-refractivity contribution is 4.96. The minimum absolute atomic E-state index is 0.639. The Morgan fingerprint density at radius 2 is 2.43 bits per heavy atom. The Hall–Kier alpha value is -0.870. The fourth-order valence-corrected chi connectivity index (χ4v) is 1.27. The van der Waals surface area contributed by atoms with Gasteiger partial charge in [0.15, 0.2) is 0 Å². The van der Waals surface area contributed by atoms with Crippen molar-refractivity contribution < 1.29 is 4.74 Å². The van der Waals surface area contributed by atoms with Gasteiger partial charge in [-0.1, -0.05) is 6.92 Å². The SMILES string of the molecule is CCCn1cncc1COCCCN. The van der Waals surface area contributed by atoms with Crippen molar-refractivity contribution in [2.75, 3.05) is 13.2 Å². The van der Waals surface area contributed by atoms with Crippen molar-refractivity contribution in [2.45, 2.75) is 32.9 Å². The van der Waals surface area contributed by atoms with Gasteiger partial charge in [0, 0.05) is 13.2 Å². The van der Waals surface area contributed by atoms with Crippen LogP contribution in [0.3, 0.4) is 0 Å². The number of aromatic nitrogens is 2. The molecule has 0 aliphatic heterocycles. The molecule has 4 heteroatoms. The zero-order valence-corrected chi connectivity index (χ0v) is 8.78. The van der Waals surface area contributed by atoms with Crippen LogP contribution in [0.4, 0.5) is 0 Å². The van der Waals surface area contributed by atoms with E-state index in [2.05, 4.69) is 16.5 Å².